The fourth-order valence-corrected chi connectivity index (χ4v) is 3.24. The lowest BCUT2D eigenvalue weighted by Crippen LogP contribution is -2.53. The van der Waals surface area contributed by atoms with Crippen molar-refractivity contribution in [1.82, 2.24) is 16.2 Å². The van der Waals surface area contributed by atoms with Crippen molar-refractivity contribution in [2.75, 3.05) is 6.61 Å². The summed E-state index contributed by atoms with van der Waals surface area (Å²) in [7, 11) is 0. The molecule has 3 N–H and O–H groups in total. The molecule has 132 valence electrons. The summed E-state index contributed by atoms with van der Waals surface area (Å²) < 4.78 is 5.36. The monoisotopic (exact) mass is 369 g/mol. The molecule has 1 amide bonds. The van der Waals surface area contributed by atoms with E-state index in [-0.39, 0.29) is 12.5 Å². The highest BCUT2D eigenvalue weighted by atomic mass is 35.5. The number of halogens is 1. The maximum Gasteiger partial charge on any atom is 0.276 e. The molecule has 1 aromatic rings. The molecule has 0 heterocycles. The van der Waals surface area contributed by atoms with Crippen LogP contribution in [0.1, 0.15) is 33.1 Å². The highest BCUT2D eigenvalue weighted by Crippen LogP contribution is 2.29. The van der Waals surface area contributed by atoms with E-state index < -0.39 is 0 Å². The van der Waals surface area contributed by atoms with Gasteiger partial charge in [-0.15, -0.1) is 0 Å². The van der Waals surface area contributed by atoms with E-state index in [1.54, 1.807) is 24.3 Å². The largest absolute Gasteiger partial charge is 0.484 e. The van der Waals surface area contributed by atoms with Gasteiger partial charge in [0.2, 0.25) is 0 Å². The van der Waals surface area contributed by atoms with Crippen molar-refractivity contribution in [1.29, 1.82) is 0 Å². The highest BCUT2D eigenvalue weighted by Gasteiger charge is 2.27. The first-order valence-corrected chi connectivity index (χ1v) is 8.98. The van der Waals surface area contributed by atoms with Gasteiger partial charge in [0.25, 0.3) is 5.91 Å². The van der Waals surface area contributed by atoms with Gasteiger partial charge in [0.1, 0.15) is 5.75 Å². The SMILES string of the molecule is C[C@@H]1[C@H](C)CCC[C@@H]1NC(=S)NNC(=O)COc1cccc(Cl)c1. The molecule has 0 unspecified atom stereocenters. The van der Waals surface area contributed by atoms with Gasteiger partial charge in [-0.3, -0.25) is 15.6 Å². The first-order valence-electron chi connectivity index (χ1n) is 8.19. The topological polar surface area (TPSA) is 62.4 Å². The molecule has 7 heteroatoms. The van der Waals surface area contributed by atoms with Gasteiger partial charge in [0.15, 0.2) is 11.7 Å². The standard InChI is InChI=1S/C17H24ClN3O2S/c1-11-5-3-8-15(12(11)2)19-17(24)21-20-16(22)10-23-14-7-4-6-13(18)9-14/h4,6-7,9,11-12,15H,3,5,8,10H2,1-2H3,(H,20,22)(H2,19,21,24)/t11-,12-,15+/m1/s1. The van der Waals surface area contributed by atoms with Crippen LogP contribution in [0, 0.1) is 11.8 Å². The van der Waals surface area contributed by atoms with Crippen molar-refractivity contribution in [2.45, 2.75) is 39.2 Å². The van der Waals surface area contributed by atoms with Crippen molar-refractivity contribution in [3.05, 3.63) is 29.3 Å². The zero-order valence-electron chi connectivity index (χ0n) is 14.0. The van der Waals surface area contributed by atoms with Crippen LogP contribution in [0.2, 0.25) is 5.02 Å². The Balaban J connectivity index is 1.68. The van der Waals surface area contributed by atoms with E-state index >= 15 is 0 Å². The van der Waals surface area contributed by atoms with Crippen LogP contribution in [0.15, 0.2) is 24.3 Å². The molecule has 0 aromatic heterocycles. The number of amides is 1. The van der Waals surface area contributed by atoms with Crippen molar-refractivity contribution in [3.63, 3.8) is 0 Å². The van der Waals surface area contributed by atoms with Gasteiger partial charge < -0.3 is 10.1 Å². The third kappa shape index (κ3) is 5.83. The van der Waals surface area contributed by atoms with E-state index in [9.17, 15) is 4.79 Å². The molecule has 1 saturated carbocycles. The molecule has 0 aliphatic heterocycles. The molecule has 0 radical (unpaired) electrons. The molecule has 0 spiro atoms. The number of carbonyl (C=O) groups is 1. The normalized spacial score (nSPS) is 23.2. The summed E-state index contributed by atoms with van der Waals surface area (Å²) in [6.45, 7) is 4.39. The highest BCUT2D eigenvalue weighted by molar-refractivity contribution is 7.80. The van der Waals surface area contributed by atoms with E-state index in [4.69, 9.17) is 28.6 Å². The lowest BCUT2D eigenvalue weighted by Gasteiger charge is -2.35. The first-order chi connectivity index (χ1) is 11.5. The van der Waals surface area contributed by atoms with E-state index in [0.717, 1.165) is 6.42 Å². The van der Waals surface area contributed by atoms with Crippen LogP contribution >= 0.6 is 23.8 Å². The third-order valence-electron chi connectivity index (χ3n) is 4.50. The predicted octanol–water partition coefficient (Wildman–Crippen LogP) is 3.04. The zero-order chi connectivity index (χ0) is 17.5. The molecule has 5 nitrogen and oxygen atoms in total. The number of ether oxygens (including phenoxy) is 1. The lowest BCUT2D eigenvalue weighted by molar-refractivity contribution is -0.123. The number of carbonyl (C=O) groups excluding carboxylic acids is 1. The van der Waals surface area contributed by atoms with Crippen LogP contribution in [0.5, 0.6) is 5.75 Å². The Hall–Kier alpha value is -1.53. The molecular weight excluding hydrogens is 346 g/mol. The van der Waals surface area contributed by atoms with Crippen molar-refractivity contribution < 1.29 is 9.53 Å². The summed E-state index contributed by atoms with van der Waals surface area (Å²) in [5.74, 6) is 1.47. The average molecular weight is 370 g/mol. The number of thiocarbonyl (C=S) groups is 1. The van der Waals surface area contributed by atoms with Crippen LogP contribution in [0.4, 0.5) is 0 Å². The molecule has 24 heavy (non-hydrogen) atoms. The molecule has 0 saturated heterocycles. The van der Waals surface area contributed by atoms with E-state index in [2.05, 4.69) is 30.0 Å². The second kappa shape index (κ2) is 9.08. The van der Waals surface area contributed by atoms with Crippen LogP contribution in [0.25, 0.3) is 0 Å². The van der Waals surface area contributed by atoms with E-state index in [1.807, 2.05) is 0 Å². The Morgan fingerprint density at radius 3 is 2.88 bits per heavy atom. The zero-order valence-corrected chi connectivity index (χ0v) is 15.5. The van der Waals surface area contributed by atoms with E-state index in [0.29, 0.717) is 33.8 Å². The van der Waals surface area contributed by atoms with Crippen LogP contribution in [-0.2, 0) is 4.79 Å². The van der Waals surface area contributed by atoms with Gasteiger partial charge in [-0.1, -0.05) is 44.4 Å². The number of benzene rings is 1. The third-order valence-corrected chi connectivity index (χ3v) is 4.96. The summed E-state index contributed by atoms with van der Waals surface area (Å²) >= 11 is 11.1. The minimum Gasteiger partial charge on any atom is -0.484 e. The Kier molecular flexibility index (Phi) is 7.12. The summed E-state index contributed by atoms with van der Waals surface area (Å²) in [6, 6.07) is 7.24. The van der Waals surface area contributed by atoms with Gasteiger partial charge in [-0.25, -0.2) is 0 Å². The maximum atomic E-state index is 11.8. The Bertz CT molecular complexity index is 585. The van der Waals surface area contributed by atoms with Crippen molar-refractivity contribution in [2.24, 2.45) is 11.8 Å². The molecule has 1 aliphatic carbocycles. The Morgan fingerprint density at radius 2 is 2.12 bits per heavy atom. The van der Waals surface area contributed by atoms with Gasteiger partial charge >= 0.3 is 0 Å². The van der Waals surface area contributed by atoms with Gasteiger partial charge in [-0.05, 0) is 48.7 Å². The van der Waals surface area contributed by atoms with Gasteiger partial charge in [0.05, 0.1) is 0 Å². The predicted molar refractivity (Wildman–Crippen MR) is 99.9 cm³/mol. The van der Waals surface area contributed by atoms with Crippen LogP contribution in [0.3, 0.4) is 0 Å². The van der Waals surface area contributed by atoms with Crippen molar-refractivity contribution >= 4 is 34.8 Å². The molecular formula is C17H24ClN3O2S. The summed E-state index contributed by atoms with van der Waals surface area (Å²) in [5.41, 5.74) is 5.26. The van der Waals surface area contributed by atoms with Gasteiger partial charge in [-0.2, -0.15) is 0 Å². The van der Waals surface area contributed by atoms with Crippen LogP contribution in [-0.4, -0.2) is 23.7 Å². The number of hydrogen-bond acceptors (Lipinski definition) is 3. The number of nitrogens with one attached hydrogen (secondary N) is 3. The minimum absolute atomic E-state index is 0.118. The van der Waals surface area contributed by atoms with E-state index in [1.165, 1.54) is 12.8 Å². The van der Waals surface area contributed by atoms with Crippen LogP contribution < -0.4 is 20.9 Å². The first kappa shape index (κ1) is 18.8. The summed E-state index contributed by atoms with van der Waals surface area (Å²) in [4.78, 5) is 11.8. The second-order valence-corrected chi connectivity index (χ2v) is 7.11. The number of hydrogen-bond donors (Lipinski definition) is 3. The molecule has 1 aromatic carbocycles. The molecule has 1 fully saturated rings. The molecule has 2 rings (SSSR count). The van der Waals surface area contributed by atoms with Crippen molar-refractivity contribution in [3.8, 4) is 5.75 Å². The molecule has 3 atom stereocenters. The fraction of sp³-hybridized carbons (Fsp3) is 0.529. The Morgan fingerprint density at radius 1 is 1.33 bits per heavy atom. The average Bonchev–Trinajstić information content (AvgIpc) is 2.55. The molecule has 0 bridgehead atoms. The van der Waals surface area contributed by atoms with Gasteiger partial charge in [0, 0.05) is 11.1 Å². The summed E-state index contributed by atoms with van der Waals surface area (Å²) in [6.07, 6.45) is 3.56. The smallest absolute Gasteiger partial charge is 0.276 e. The number of rotatable bonds is 4. The summed E-state index contributed by atoms with van der Waals surface area (Å²) in [5, 5.41) is 4.27. The Labute approximate surface area is 153 Å². The minimum atomic E-state index is -0.316. The lowest BCUT2D eigenvalue weighted by atomic mass is 9.78. The maximum absolute atomic E-state index is 11.8. The quantitative estimate of drug-likeness (QED) is 0.562. The fourth-order valence-electron chi connectivity index (χ4n) is 2.86. The number of hydrazine groups is 1. The molecule has 1 aliphatic rings. The second-order valence-electron chi connectivity index (χ2n) is 6.27.